The Morgan fingerprint density at radius 2 is 2.06 bits per heavy atom. The van der Waals surface area contributed by atoms with Crippen LogP contribution >= 0.6 is 0 Å². The second-order valence-corrected chi connectivity index (χ2v) is 5.31. The molecule has 1 N–H and O–H groups in total. The van der Waals surface area contributed by atoms with Crippen LogP contribution in [-0.2, 0) is 6.54 Å². The van der Waals surface area contributed by atoms with E-state index in [2.05, 4.69) is 34.0 Å². The van der Waals surface area contributed by atoms with Crippen molar-refractivity contribution in [1.82, 2.24) is 14.9 Å². The zero-order chi connectivity index (χ0) is 13.0. The predicted octanol–water partition coefficient (Wildman–Crippen LogP) is 2.53. The maximum atomic E-state index is 4.45. The van der Waals surface area contributed by atoms with Gasteiger partial charge in [-0.1, -0.05) is 13.8 Å². The Kier molecular flexibility index (Phi) is 4.17. The molecule has 18 heavy (non-hydrogen) atoms. The lowest BCUT2D eigenvalue weighted by Crippen LogP contribution is -2.26. The minimum atomic E-state index is 0.540. The molecule has 1 aliphatic heterocycles. The van der Waals surface area contributed by atoms with E-state index in [1.807, 2.05) is 13.2 Å². The Morgan fingerprint density at radius 1 is 1.28 bits per heavy atom. The van der Waals surface area contributed by atoms with Crippen LogP contribution in [0, 0.1) is 5.41 Å². The Hall–Kier alpha value is -1.16. The lowest BCUT2D eigenvalue weighted by atomic mass is 9.82. The lowest BCUT2D eigenvalue weighted by Gasteiger charge is -2.26. The van der Waals surface area contributed by atoms with Gasteiger partial charge in [-0.15, -0.1) is 0 Å². The van der Waals surface area contributed by atoms with Gasteiger partial charge in [0.2, 0.25) is 0 Å². The monoisotopic (exact) mass is 248 g/mol. The van der Waals surface area contributed by atoms with Crippen LogP contribution < -0.4 is 5.32 Å². The van der Waals surface area contributed by atoms with Gasteiger partial charge >= 0.3 is 0 Å². The highest BCUT2D eigenvalue weighted by molar-refractivity contribution is 5.29. The van der Waals surface area contributed by atoms with Crippen LogP contribution in [0.1, 0.15) is 38.8 Å². The number of anilines is 1. The molecule has 0 spiro atoms. The first-order valence-corrected chi connectivity index (χ1v) is 6.92. The van der Waals surface area contributed by atoms with Crippen molar-refractivity contribution in [1.29, 1.82) is 0 Å². The average Bonchev–Trinajstić information content (AvgIpc) is 2.84. The van der Waals surface area contributed by atoms with Gasteiger partial charge in [-0.25, -0.2) is 4.98 Å². The Bertz CT molecular complexity index is 370. The number of hydrogen-bond acceptors (Lipinski definition) is 4. The highest BCUT2D eigenvalue weighted by atomic mass is 15.2. The second-order valence-electron chi connectivity index (χ2n) is 5.31. The van der Waals surface area contributed by atoms with Gasteiger partial charge in [0.1, 0.15) is 5.82 Å². The molecule has 1 fully saturated rings. The Labute approximate surface area is 110 Å². The van der Waals surface area contributed by atoms with E-state index in [9.17, 15) is 0 Å². The van der Waals surface area contributed by atoms with E-state index >= 15 is 0 Å². The van der Waals surface area contributed by atoms with Crippen molar-refractivity contribution >= 4 is 5.82 Å². The van der Waals surface area contributed by atoms with Crippen LogP contribution in [0.2, 0.25) is 0 Å². The van der Waals surface area contributed by atoms with Crippen LogP contribution in [0.25, 0.3) is 0 Å². The SMILES string of the molecule is CCC1(CC)CCN(Cc2cnc(NC)cn2)C1. The molecule has 0 atom stereocenters. The summed E-state index contributed by atoms with van der Waals surface area (Å²) in [6.07, 6.45) is 7.57. The zero-order valence-electron chi connectivity index (χ0n) is 11.7. The van der Waals surface area contributed by atoms with Crippen LogP contribution in [0.15, 0.2) is 12.4 Å². The molecule has 1 aromatic heterocycles. The van der Waals surface area contributed by atoms with Crippen molar-refractivity contribution in [2.24, 2.45) is 5.41 Å². The van der Waals surface area contributed by atoms with Crippen molar-refractivity contribution in [2.75, 3.05) is 25.5 Å². The molecule has 0 aliphatic carbocycles. The van der Waals surface area contributed by atoms with E-state index in [1.165, 1.54) is 32.4 Å². The fraction of sp³-hybridized carbons (Fsp3) is 0.714. The molecule has 0 saturated carbocycles. The summed E-state index contributed by atoms with van der Waals surface area (Å²) in [7, 11) is 1.86. The van der Waals surface area contributed by atoms with Crippen LogP contribution in [0.5, 0.6) is 0 Å². The summed E-state index contributed by atoms with van der Waals surface area (Å²) in [6, 6.07) is 0. The molecule has 4 heteroatoms. The molecule has 100 valence electrons. The maximum absolute atomic E-state index is 4.45. The Balaban J connectivity index is 1.94. The summed E-state index contributed by atoms with van der Waals surface area (Å²) in [6.45, 7) is 7.95. The third-order valence-electron chi connectivity index (χ3n) is 4.36. The maximum Gasteiger partial charge on any atom is 0.144 e. The summed E-state index contributed by atoms with van der Waals surface area (Å²) in [5.74, 6) is 0.830. The first-order valence-electron chi connectivity index (χ1n) is 6.92. The smallest absolute Gasteiger partial charge is 0.144 e. The zero-order valence-corrected chi connectivity index (χ0v) is 11.7. The van der Waals surface area contributed by atoms with Crippen LogP contribution in [0.4, 0.5) is 5.82 Å². The molecule has 2 heterocycles. The molecular formula is C14H24N4. The van der Waals surface area contributed by atoms with Gasteiger partial charge in [-0.3, -0.25) is 9.88 Å². The fourth-order valence-corrected chi connectivity index (χ4v) is 2.78. The minimum Gasteiger partial charge on any atom is -0.372 e. The molecule has 0 unspecified atom stereocenters. The molecule has 1 aromatic rings. The second kappa shape index (κ2) is 5.65. The first kappa shape index (κ1) is 13.3. The average molecular weight is 248 g/mol. The van der Waals surface area contributed by atoms with E-state index in [0.717, 1.165) is 18.1 Å². The number of rotatable bonds is 5. The van der Waals surface area contributed by atoms with E-state index in [0.29, 0.717) is 5.41 Å². The summed E-state index contributed by atoms with van der Waals surface area (Å²) >= 11 is 0. The van der Waals surface area contributed by atoms with E-state index < -0.39 is 0 Å². The number of aromatic nitrogens is 2. The number of hydrogen-bond donors (Lipinski definition) is 1. The summed E-state index contributed by atoms with van der Waals surface area (Å²) in [4.78, 5) is 11.3. The molecule has 0 amide bonds. The minimum absolute atomic E-state index is 0.540. The van der Waals surface area contributed by atoms with Gasteiger partial charge < -0.3 is 5.32 Å². The quantitative estimate of drug-likeness (QED) is 0.869. The highest BCUT2D eigenvalue weighted by Gasteiger charge is 2.34. The summed E-state index contributed by atoms with van der Waals surface area (Å²) in [5, 5.41) is 2.99. The normalized spacial score (nSPS) is 19.1. The molecular weight excluding hydrogens is 224 g/mol. The summed E-state index contributed by atoms with van der Waals surface area (Å²) < 4.78 is 0. The molecule has 4 nitrogen and oxygen atoms in total. The van der Waals surface area contributed by atoms with E-state index in [1.54, 1.807) is 6.20 Å². The number of nitrogens with zero attached hydrogens (tertiary/aromatic N) is 3. The predicted molar refractivity (Wildman–Crippen MR) is 74.5 cm³/mol. The third kappa shape index (κ3) is 2.80. The molecule has 2 rings (SSSR count). The largest absolute Gasteiger partial charge is 0.372 e. The Morgan fingerprint density at radius 3 is 2.56 bits per heavy atom. The van der Waals surface area contributed by atoms with Gasteiger partial charge in [0.15, 0.2) is 0 Å². The molecule has 1 saturated heterocycles. The van der Waals surface area contributed by atoms with Crippen molar-refractivity contribution in [3.8, 4) is 0 Å². The number of nitrogens with one attached hydrogen (secondary N) is 1. The molecule has 1 aliphatic rings. The van der Waals surface area contributed by atoms with Gasteiger partial charge in [0, 0.05) is 20.1 Å². The molecule has 0 radical (unpaired) electrons. The summed E-state index contributed by atoms with van der Waals surface area (Å²) in [5.41, 5.74) is 1.61. The van der Waals surface area contributed by atoms with E-state index in [-0.39, 0.29) is 0 Å². The first-order chi connectivity index (χ1) is 8.71. The number of likely N-dealkylation sites (tertiary alicyclic amines) is 1. The van der Waals surface area contributed by atoms with Gasteiger partial charge in [-0.05, 0) is 31.2 Å². The third-order valence-corrected chi connectivity index (χ3v) is 4.36. The van der Waals surface area contributed by atoms with Gasteiger partial charge in [0.05, 0.1) is 18.1 Å². The van der Waals surface area contributed by atoms with Crippen molar-refractivity contribution in [3.63, 3.8) is 0 Å². The van der Waals surface area contributed by atoms with Crippen molar-refractivity contribution < 1.29 is 0 Å². The fourth-order valence-electron chi connectivity index (χ4n) is 2.78. The van der Waals surface area contributed by atoms with Gasteiger partial charge in [-0.2, -0.15) is 0 Å². The highest BCUT2D eigenvalue weighted by Crippen LogP contribution is 2.37. The van der Waals surface area contributed by atoms with Gasteiger partial charge in [0.25, 0.3) is 0 Å². The standard InChI is InChI=1S/C14H24N4/c1-4-14(5-2)6-7-18(11-14)10-12-8-17-13(15-3)9-16-12/h8-9H,4-7,10-11H2,1-3H3,(H,15,17). The van der Waals surface area contributed by atoms with Crippen molar-refractivity contribution in [2.45, 2.75) is 39.7 Å². The molecule has 0 aromatic carbocycles. The topological polar surface area (TPSA) is 41.1 Å². The van der Waals surface area contributed by atoms with Crippen molar-refractivity contribution in [3.05, 3.63) is 18.1 Å². The van der Waals surface area contributed by atoms with Crippen LogP contribution in [0.3, 0.4) is 0 Å². The lowest BCUT2D eigenvalue weighted by molar-refractivity contribution is 0.234. The molecule has 0 bridgehead atoms. The van der Waals surface area contributed by atoms with Crippen LogP contribution in [-0.4, -0.2) is 35.0 Å². The van der Waals surface area contributed by atoms with E-state index in [4.69, 9.17) is 0 Å².